The second kappa shape index (κ2) is 17.4. The van der Waals surface area contributed by atoms with E-state index in [0.717, 1.165) is 5.56 Å². The molecule has 0 N–H and O–H groups in total. The molecule has 6 rings (SSSR count). The van der Waals surface area contributed by atoms with Crippen LogP contribution in [0.5, 0.6) is 5.88 Å². The molecule has 3 saturated heterocycles. The van der Waals surface area contributed by atoms with Crippen LogP contribution in [0.3, 0.4) is 0 Å². The Labute approximate surface area is 351 Å². The van der Waals surface area contributed by atoms with Crippen molar-refractivity contribution in [2.45, 2.75) is 136 Å². The van der Waals surface area contributed by atoms with Crippen molar-refractivity contribution in [3.63, 3.8) is 0 Å². The van der Waals surface area contributed by atoms with Crippen LogP contribution in [-0.4, -0.2) is 152 Å². The number of rotatable bonds is 9. The maximum absolute atomic E-state index is 14.8. The molecule has 2 aromatic rings. The van der Waals surface area contributed by atoms with Crippen LogP contribution in [0, 0.1) is 5.82 Å². The fraction of sp³-hybridized carbons (Fsp3) is 0.682. The van der Waals surface area contributed by atoms with Crippen LogP contribution in [0.4, 0.5) is 14.9 Å². The number of nitrogens with zero attached hydrogens (tertiary/aromatic N) is 6. The zero-order valence-electron chi connectivity index (χ0n) is 37.3. The molecular weight excluding hydrogens is 772 g/mol. The van der Waals surface area contributed by atoms with Crippen LogP contribution in [0.1, 0.15) is 90.9 Å². The maximum Gasteiger partial charge on any atom is 0.410 e. The molecule has 0 radical (unpaired) electrons. The number of fused-ring (bicyclic) bond motifs is 1. The number of halogens is 1. The van der Waals surface area contributed by atoms with Gasteiger partial charge in [-0.25, -0.2) is 14.2 Å². The number of piperazine rings is 1. The molecule has 15 heteroatoms. The maximum atomic E-state index is 14.8. The van der Waals surface area contributed by atoms with Crippen molar-refractivity contribution >= 4 is 31.9 Å². The Bertz CT molecular complexity index is 1840. The average molecular weight is 839 g/mol. The summed E-state index contributed by atoms with van der Waals surface area (Å²) < 4.78 is 38.4. The van der Waals surface area contributed by atoms with Gasteiger partial charge in [-0.15, -0.1) is 0 Å². The highest BCUT2D eigenvalue weighted by Gasteiger charge is 2.45. The standard InChI is InChI=1S/C44H67FN6O7Si/c1-28-19-47(35(20-49-29(2)25-55-26-30(49)3)21-50(28)42(54)57-43(5,6)7)24-38(52)51-31(4)27-56-40-37(51)18-33(17-32-13-15-34(45)16-14-32)39(46-40)41(53)48-22-36(23-48)58-59(11,12)44(8,9)10/h13-16,18,28-31,35-36H,17,19-27H2,1-12H3/t28-,29-,30-,31+,35?/m1/s1. The molecule has 4 aliphatic rings. The van der Waals surface area contributed by atoms with Gasteiger partial charge in [-0.1, -0.05) is 32.9 Å². The van der Waals surface area contributed by atoms with Crippen LogP contribution in [-0.2, 0) is 25.1 Å². The van der Waals surface area contributed by atoms with Gasteiger partial charge in [-0.05, 0) is 102 Å². The first-order chi connectivity index (χ1) is 27.5. The largest absolute Gasteiger partial charge is 0.474 e. The zero-order chi connectivity index (χ0) is 43.2. The summed E-state index contributed by atoms with van der Waals surface area (Å²) in [6, 6.07) is 7.73. The molecule has 0 bridgehead atoms. The van der Waals surface area contributed by atoms with Crippen LogP contribution >= 0.6 is 0 Å². The molecule has 59 heavy (non-hydrogen) atoms. The number of benzene rings is 1. The third kappa shape index (κ3) is 10.3. The van der Waals surface area contributed by atoms with Gasteiger partial charge in [0.2, 0.25) is 11.8 Å². The van der Waals surface area contributed by atoms with Crippen molar-refractivity contribution in [2.75, 3.05) is 64.0 Å². The number of hydrogen-bond acceptors (Lipinski definition) is 10. The van der Waals surface area contributed by atoms with E-state index in [-0.39, 0.29) is 89.8 Å². The van der Waals surface area contributed by atoms with E-state index in [2.05, 4.69) is 57.5 Å². The van der Waals surface area contributed by atoms with Crippen molar-refractivity contribution in [3.05, 3.63) is 53.0 Å². The van der Waals surface area contributed by atoms with E-state index >= 15 is 0 Å². The van der Waals surface area contributed by atoms with Crippen molar-refractivity contribution < 1.29 is 37.4 Å². The lowest BCUT2D eigenvalue weighted by Crippen LogP contribution is -2.65. The van der Waals surface area contributed by atoms with E-state index in [4.69, 9.17) is 23.6 Å². The molecule has 1 aromatic carbocycles. The van der Waals surface area contributed by atoms with Crippen molar-refractivity contribution in [3.8, 4) is 5.88 Å². The highest BCUT2D eigenvalue weighted by atomic mass is 28.4. The van der Waals surface area contributed by atoms with Gasteiger partial charge < -0.3 is 33.3 Å². The average Bonchev–Trinajstić information content (AvgIpc) is 3.11. The fourth-order valence-electron chi connectivity index (χ4n) is 8.20. The topological polar surface area (TPSA) is 117 Å². The second-order valence-corrected chi connectivity index (χ2v) is 24.5. The van der Waals surface area contributed by atoms with Gasteiger partial charge in [0.15, 0.2) is 8.32 Å². The monoisotopic (exact) mass is 838 g/mol. The van der Waals surface area contributed by atoms with Gasteiger partial charge in [0.25, 0.3) is 5.91 Å². The minimum absolute atomic E-state index is 0.0459. The molecular formula is C44H67FN6O7Si. The predicted molar refractivity (Wildman–Crippen MR) is 228 cm³/mol. The van der Waals surface area contributed by atoms with E-state index in [0.29, 0.717) is 63.6 Å². The number of anilines is 1. The Morgan fingerprint density at radius 2 is 1.53 bits per heavy atom. The highest BCUT2D eigenvalue weighted by Crippen LogP contribution is 2.39. The van der Waals surface area contributed by atoms with Crippen LogP contribution < -0.4 is 9.64 Å². The third-order valence-corrected chi connectivity index (χ3v) is 17.1. The van der Waals surface area contributed by atoms with Crippen molar-refractivity contribution in [1.82, 2.24) is 24.6 Å². The Hall–Kier alpha value is -3.63. The summed E-state index contributed by atoms with van der Waals surface area (Å²) in [7, 11) is -2.03. The smallest absolute Gasteiger partial charge is 0.410 e. The number of carbonyl (C=O) groups excluding carboxylic acids is 3. The first-order valence-electron chi connectivity index (χ1n) is 21.3. The second-order valence-electron chi connectivity index (χ2n) is 19.8. The first-order valence-corrected chi connectivity index (χ1v) is 24.2. The lowest BCUT2D eigenvalue weighted by atomic mass is 10.00. The molecule has 13 nitrogen and oxygen atoms in total. The van der Waals surface area contributed by atoms with E-state index in [1.165, 1.54) is 12.1 Å². The number of pyridine rings is 1. The van der Waals surface area contributed by atoms with E-state index < -0.39 is 13.9 Å². The number of hydrogen-bond donors (Lipinski definition) is 0. The summed E-state index contributed by atoms with van der Waals surface area (Å²) in [5.41, 5.74) is 1.53. The zero-order valence-corrected chi connectivity index (χ0v) is 38.3. The van der Waals surface area contributed by atoms with Crippen molar-refractivity contribution in [2.24, 2.45) is 0 Å². The minimum atomic E-state index is -2.03. The van der Waals surface area contributed by atoms with E-state index in [1.807, 2.05) is 40.7 Å². The quantitative estimate of drug-likeness (QED) is 0.271. The summed E-state index contributed by atoms with van der Waals surface area (Å²) in [5.74, 6) is -0.479. The number of ether oxygens (including phenoxy) is 3. The summed E-state index contributed by atoms with van der Waals surface area (Å²) in [5, 5.41) is 0.0467. The molecule has 5 atom stereocenters. The molecule has 3 amide bonds. The summed E-state index contributed by atoms with van der Waals surface area (Å²) in [6.07, 6.45) is -0.102. The van der Waals surface area contributed by atoms with Crippen molar-refractivity contribution in [1.29, 1.82) is 0 Å². The lowest BCUT2D eigenvalue weighted by molar-refractivity contribution is -0.123. The Kier molecular flexibility index (Phi) is 13.2. The number of carbonyl (C=O) groups is 3. The van der Waals surface area contributed by atoms with Crippen LogP contribution in [0.25, 0.3) is 0 Å². The number of aromatic nitrogens is 1. The summed E-state index contributed by atoms with van der Waals surface area (Å²) >= 11 is 0. The molecule has 5 heterocycles. The molecule has 1 unspecified atom stereocenters. The van der Waals surface area contributed by atoms with Crippen LogP contribution in [0.15, 0.2) is 30.3 Å². The molecule has 0 aliphatic carbocycles. The normalized spacial score (nSPS) is 25.0. The van der Waals surface area contributed by atoms with Gasteiger partial charge in [0.05, 0.1) is 31.9 Å². The fourth-order valence-corrected chi connectivity index (χ4v) is 9.54. The number of amides is 3. The van der Waals surface area contributed by atoms with E-state index in [9.17, 15) is 18.8 Å². The Morgan fingerprint density at radius 3 is 2.14 bits per heavy atom. The van der Waals surface area contributed by atoms with Gasteiger partial charge in [0.1, 0.15) is 29.4 Å². The predicted octanol–water partition coefficient (Wildman–Crippen LogP) is 6.19. The SMILES string of the molecule is C[C@@H]1CN(CC(=O)N2c3cc(Cc4ccc(F)cc4)c(C(=O)N4CC(O[Si](C)(C)C(C)(C)C)C4)nc3OC[C@@H]2C)C(CN2[C@H](C)COC[C@H]2C)CN1C(=O)OC(C)(C)C. The van der Waals surface area contributed by atoms with Gasteiger partial charge in [-0.3, -0.25) is 19.4 Å². The molecule has 4 aliphatic heterocycles. The minimum Gasteiger partial charge on any atom is -0.474 e. The molecule has 326 valence electrons. The Balaban J connectivity index is 1.28. The van der Waals surface area contributed by atoms with E-state index in [1.54, 1.807) is 26.8 Å². The Morgan fingerprint density at radius 1 is 0.881 bits per heavy atom. The number of likely N-dealkylation sites (tertiary alicyclic amines) is 1. The van der Waals surface area contributed by atoms with Gasteiger partial charge in [0, 0.05) is 56.9 Å². The number of morpholine rings is 1. The molecule has 0 saturated carbocycles. The third-order valence-electron chi connectivity index (χ3n) is 12.6. The summed E-state index contributed by atoms with van der Waals surface area (Å²) in [6.45, 7) is 28.9. The summed E-state index contributed by atoms with van der Waals surface area (Å²) in [4.78, 5) is 57.2. The highest BCUT2D eigenvalue weighted by molar-refractivity contribution is 6.74. The van der Waals surface area contributed by atoms with Gasteiger partial charge >= 0.3 is 6.09 Å². The molecule has 3 fully saturated rings. The first kappa shape index (κ1) is 44.9. The molecule has 0 spiro atoms. The molecule has 1 aromatic heterocycles. The van der Waals surface area contributed by atoms with Gasteiger partial charge in [-0.2, -0.15) is 0 Å². The van der Waals surface area contributed by atoms with Crippen LogP contribution in [0.2, 0.25) is 18.1 Å². The lowest BCUT2D eigenvalue weighted by Gasteiger charge is -2.49.